The lowest BCUT2D eigenvalue weighted by atomic mass is 9.96. The molecule has 0 saturated carbocycles. The second-order valence-electron chi connectivity index (χ2n) is 11.2. The summed E-state index contributed by atoms with van der Waals surface area (Å²) < 4.78 is 31.5. The van der Waals surface area contributed by atoms with Crippen LogP contribution in [0, 0.1) is 0 Å². The van der Waals surface area contributed by atoms with Gasteiger partial charge in [-0.3, -0.25) is 4.79 Å². The minimum absolute atomic E-state index is 0.129. The number of fused-ring (bicyclic) bond motifs is 10. The molecule has 9 heteroatoms. The number of aromatic amines is 1. The summed E-state index contributed by atoms with van der Waals surface area (Å²) in [6.45, 7) is 5.68. The number of hydrogen-bond donors (Lipinski definition) is 2. The largest absolute Gasteiger partial charge is 0.382 e. The molecule has 4 heterocycles. The molecular formula is C33H37N3O6. The number of rotatable bonds is 11. The van der Waals surface area contributed by atoms with Crippen molar-refractivity contribution in [2.75, 3.05) is 53.4 Å². The van der Waals surface area contributed by atoms with E-state index in [0.29, 0.717) is 51.8 Å². The number of nitrogens with one attached hydrogen (secondary N) is 2. The van der Waals surface area contributed by atoms with Gasteiger partial charge in [-0.25, -0.2) is 0 Å². The third-order valence-corrected chi connectivity index (χ3v) is 8.59. The first kappa shape index (κ1) is 27.4. The summed E-state index contributed by atoms with van der Waals surface area (Å²) >= 11 is 0. The maximum atomic E-state index is 13.7. The van der Waals surface area contributed by atoms with Gasteiger partial charge in [-0.15, -0.1) is 0 Å². The van der Waals surface area contributed by atoms with E-state index in [2.05, 4.69) is 58.2 Å². The first-order valence-electron chi connectivity index (χ1n) is 14.8. The molecule has 1 amide bonds. The zero-order valence-electron chi connectivity index (χ0n) is 24.2. The fourth-order valence-corrected chi connectivity index (χ4v) is 6.75. The molecule has 1 saturated heterocycles. The highest BCUT2D eigenvalue weighted by Gasteiger charge is 2.40. The van der Waals surface area contributed by atoms with Gasteiger partial charge in [0.15, 0.2) is 6.23 Å². The van der Waals surface area contributed by atoms with Crippen LogP contribution in [0.2, 0.25) is 0 Å². The summed E-state index contributed by atoms with van der Waals surface area (Å²) in [6.07, 6.45) is 2.45. The van der Waals surface area contributed by atoms with Gasteiger partial charge in [0.1, 0.15) is 5.72 Å². The molecule has 7 rings (SSSR count). The summed E-state index contributed by atoms with van der Waals surface area (Å²) in [5.74, 6) is -0.129. The van der Waals surface area contributed by atoms with Gasteiger partial charge in [0.2, 0.25) is 0 Å². The molecule has 5 aromatic rings. The Morgan fingerprint density at radius 1 is 0.929 bits per heavy atom. The van der Waals surface area contributed by atoms with E-state index in [1.165, 1.54) is 0 Å². The summed E-state index contributed by atoms with van der Waals surface area (Å²) in [5.41, 5.74) is 5.09. The topological polar surface area (TPSA) is 96.0 Å². The second-order valence-corrected chi connectivity index (χ2v) is 11.2. The van der Waals surface area contributed by atoms with Crippen molar-refractivity contribution in [1.82, 2.24) is 14.9 Å². The van der Waals surface area contributed by atoms with E-state index in [4.69, 9.17) is 23.7 Å². The maximum Gasteiger partial charge on any atom is 0.254 e. The molecule has 2 aliphatic rings. The van der Waals surface area contributed by atoms with E-state index in [1.807, 2.05) is 12.1 Å². The van der Waals surface area contributed by atoms with Crippen LogP contribution < -0.4 is 5.32 Å². The Balaban J connectivity index is 1.36. The molecule has 0 spiro atoms. The van der Waals surface area contributed by atoms with Crippen LogP contribution in [0.15, 0.2) is 48.5 Å². The number of para-hydroxylation sites is 2. The molecule has 42 heavy (non-hydrogen) atoms. The summed E-state index contributed by atoms with van der Waals surface area (Å²) in [6, 6.07) is 16.6. The molecule has 0 radical (unpaired) electrons. The van der Waals surface area contributed by atoms with Crippen LogP contribution in [-0.2, 0) is 29.4 Å². The third-order valence-electron chi connectivity index (χ3n) is 8.59. The highest BCUT2D eigenvalue weighted by atomic mass is 16.6. The van der Waals surface area contributed by atoms with Gasteiger partial charge >= 0.3 is 0 Å². The Morgan fingerprint density at radius 2 is 1.67 bits per heavy atom. The Morgan fingerprint density at radius 3 is 2.45 bits per heavy atom. The number of nitrogens with zero attached hydrogens (tertiary/aromatic N) is 1. The van der Waals surface area contributed by atoms with Gasteiger partial charge in [-0.1, -0.05) is 36.4 Å². The molecule has 0 aliphatic carbocycles. The second kappa shape index (κ2) is 11.3. The number of benzene rings is 3. The monoisotopic (exact) mass is 571 g/mol. The van der Waals surface area contributed by atoms with Crippen LogP contribution in [0.25, 0.3) is 43.6 Å². The van der Waals surface area contributed by atoms with Crippen molar-refractivity contribution < 1.29 is 28.5 Å². The van der Waals surface area contributed by atoms with E-state index in [9.17, 15) is 4.79 Å². The van der Waals surface area contributed by atoms with Crippen molar-refractivity contribution in [1.29, 1.82) is 0 Å². The predicted octanol–water partition coefficient (Wildman–Crippen LogP) is 5.74. The molecule has 0 bridgehead atoms. The molecule has 2 N–H and O–H groups in total. The fraction of sp³-hybridized carbons (Fsp3) is 0.424. The molecule has 3 aromatic carbocycles. The van der Waals surface area contributed by atoms with E-state index in [1.54, 1.807) is 7.11 Å². The zero-order valence-corrected chi connectivity index (χ0v) is 24.2. The fourth-order valence-electron chi connectivity index (χ4n) is 6.75. The van der Waals surface area contributed by atoms with Gasteiger partial charge in [-0.05, 0) is 38.3 Å². The van der Waals surface area contributed by atoms with Crippen LogP contribution in [0.3, 0.4) is 0 Å². The lowest BCUT2D eigenvalue weighted by molar-refractivity contribution is -0.117. The number of H-pyrrole nitrogens is 1. The van der Waals surface area contributed by atoms with Crippen molar-refractivity contribution in [3.8, 4) is 0 Å². The minimum atomic E-state index is -0.603. The average Bonchev–Trinajstić information content (AvgIpc) is 3.66. The van der Waals surface area contributed by atoms with E-state index >= 15 is 0 Å². The van der Waals surface area contributed by atoms with Crippen molar-refractivity contribution in [3.63, 3.8) is 0 Å². The Bertz CT molecular complexity index is 1770. The van der Waals surface area contributed by atoms with E-state index in [0.717, 1.165) is 68.4 Å². The Kier molecular flexibility index (Phi) is 7.37. The molecular weight excluding hydrogens is 534 g/mol. The number of carbonyl (C=O) groups excluding carboxylic acids is 1. The molecule has 2 aromatic heterocycles. The normalized spacial score (nSPS) is 20.7. The third kappa shape index (κ3) is 4.47. The molecule has 2 atom stereocenters. The number of carbonyl (C=O) groups is 1. The van der Waals surface area contributed by atoms with Gasteiger partial charge in [0.05, 0.1) is 61.8 Å². The van der Waals surface area contributed by atoms with Gasteiger partial charge < -0.3 is 38.6 Å². The van der Waals surface area contributed by atoms with Crippen LogP contribution in [0.1, 0.15) is 48.3 Å². The van der Waals surface area contributed by atoms with Gasteiger partial charge in [0.25, 0.3) is 5.91 Å². The van der Waals surface area contributed by atoms with Gasteiger partial charge in [-0.2, -0.15) is 0 Å². The number of amides is 1. The van der Waals surface area contributed by atoms with E-state index < -0.39 is 12.0 Å². The van der Waals surface area contributed by atoms with Crippen LogP contribution in [0.4, 0.5) is 0 Å². The lowest BCUT2D eigenvalue weighted by Crippen LogP contribution is -2.36. The van der Waals surface area contributed by atoms with Crippen molar-refractivity contribution in [2.45, 2.75) is 38.1 Å². The van der Waals surface area contributed by atoms with Crippen molar-refractivity contribution in [3.05, 3.63) is 59.7 Å². The highest BCUT2D eigenvalue weighted by Crippen LogP contribution is 2.49. The van der Waals surface area contributed by atoms with Gasteiger partial charge in [0, 0.05) is 46.3 Å². The molecule has 1 unspecified atom stereocenters. The quantitative estimate of drug-likeness (QED) is 0.196. The number of methoxy groups -OCH3 is 1. The molecule has 9 nitrogen and oxygen atoms in total. The summed E-state index contributed by atoms with van der Waals surface area (Å²) in [4.78, 5) is 17.4. The van der Waals surface area contributed by atoms with E-state index in [-0.39, 0.29) is 5.91 Å². The zero-order chi connectivity index (χ0) is 28.7. The summed E-state index contributed by atoms with van der Waals surface area (Å²) in [5, 5.41) is 7.17. The van der Waals surface area contributed by atoms with Crippen LogP contribution in [0.5, 0.6) is 0 Å². The lowest BCUT2D eigenvalue weighted by Gasteiger charge is -2.36. The summed E-state index contributed by atoms with van der Waals surface area (Å²) in [7, 11) is 1.65. The average molecular weight is 572 g/mol. The maximum absolute atomic E-state index is 13.7. The number of ether oxygens (including phenoxy) is 5. The predicted molar refractivity (Wildman–Crippen MR) is 162 cm³/mol. The molecule has 2 aliphatic heterocycles. The molecule has 220 valence electrons. The van der Waals surface area contributed by atoms with Crippen LogP contribution >= 0.6 is 0 Å². The van der Waals surface area contributed by atoms with Crippen molar-refractivity contribution in [2.24, 2.45) is 0 Å². The SMILES string of the molecule is COCCOCCOCCOC1NC(=O)c2c1c1c3ccccc3n([C@]3(C)CCCCO3)c1c1[nH]c3ccccc3c21. The first-order valence-corrected chi connectivity index (χ1v) is 14.8. The number of aromatic nitrogens is 2. The van der Waals surface area contributed by atoms with Crippen molar-refractivity contribution >= 4 is 49.5 Å². The highest BCUT2D eigenvalue weighted by molar-refractivity contribution is 6.30. The standard InChI is InChI=1S/C33H37N3O6/c1-33(13-7-8-14-42-33)36-24-12-6-4-10-22(24)26-28-27(25-21-9-3-5-11-23(21)34-29(25)30(26)36)31(37)35-32(28)41-20-19-40-18-17-39-16-15-38-2/h3-6,9-12,32,34H,7-8,13-20H2,1-2H3,(H,35,37)/t32?,33-/m0/s1. The van der Waals surface area contributed by atoms with Crippen LogP contribution in [-0.4, -0.2) is 68.8 Å². The minimum Gasteiger partial charge on any atom is -0.382 e. The molecule has 1 fully saturated rings. The first-order chi connectivity index (χ1) is 20.6. The number of hydrogen-bond acceptors (Lipinski definition) is 6. The smallest absolute Gasteiger partial charge is 0.254 e. The Labute approximate surface area is 244 Å². The Hall–Kier alpha value is -3.47.